The summed E-state index contributed by atoms with van der Waals surface area (Å²) in [6.07, 6.45) is 0. The zero-order valence-corrected chi connectivity index (χ0v) is 8.40. The molecule has 3 nitrogen and oxygen atoms in total. The molecular formula is C8H9NO2S2. The van der Waals surface area contributed by atoms with Crippen LogP contribution in [0.25, 0.3) is 0 Å². The number of hydrogen-bond acceptors (Lipinski definition) is 4. The fourth-order valence-electron chi connectivity index (χ4n) is 1.22. The molecule has 0 amide bonds. The molecule has 2 atom stereocenters. The number of thiophene rings is 1. The van der Waals surface area contributed by atoms with Crippen LogP contribution in [0.2, 0.25) is 0 Å². The summed E-state index contributed by atoms with van der Waals surface area (Å²) in [6, 6.07) is 3.62. The Morgan fingerprint density at radius 3 is 3.08 bits per heavy atom. The number of carboxylic acids is 1. The maximum absolute atomic E-state index is 10.6. The topological polar surface area (TPSA) is 49.3 Å². The molecule has 1 saturated heterocycles. The molecule has 0 spiro atoms. The highest BCUT2D eigenvalue weighted by Gasteiger charge is 2.30. The zero-order valence-electron chi connectivity index (χ0n) is 6.77. The smallest absolute Gasteiger partial charge is 0.321 e. The number of aliphatic carboxylic acids is 1. The Labute approximate surface area is 84.2 Å². The fraction of sp³-hybridized carbons (Fsp3) is 0.375. The molecule has 1 aromatic heterocycles. The van der Waals surface area contributed by atoms with Crippen molar-refractivity contribution in [3.05, 3.63) is 22.4 Å². The van der Waals surface area contributed by atoms with Crippen LogP contribution < -0.4 is 5.32 Å². The summed E-state index contributed by atoms with van der Waals surface area (Å²) in [5, 5.41) is 14.0. The van der Waals surface area contributed by atoms with E-state index in [0.717, 1.165) is 0 Å². The van der Waals surface area contributed by atoms with Gasteiger partial charge in [0.25, 0.3) is 0 Å². The van der Waals surface area contributed by atoms with Gasteiger partial charge in [0.1, 0.15) is 6.04 Å². The van der Waals surface area contributed by atoms with Crippen LogP contribution in [-0.4, -0.2) is 22.9 Å². The summed E-state index contributed by atoms with van der Waals surface area (Å²) < 4.78 is 0. The molecule has 70 valence electrons. The summed E-state index contributed by atoms with van der Waals surface area (Å²) in [6.45, 7) is 0. The molecule has 2 heterocycles. The van der Waals surface area contributed by atoms with Crippen LogP contribution in [-0.2, 0) is 4.79 Å². The summed E-state index contributed by atoms with van der Waals surface area (Å²) in [5.41, 5.74) is 0. The van der Waals surface area contributed by atoms with Gasteiger partial charge >= 0.3 is 5.97 Å². The van der Waals surface area contributed by atoms with Crippen molar-refractivity contribution in [2.24, 2.45) is 0 Å². The fourth-order valence-corrected chi connectivity index (χ4v) is 3.38. The van der Waals surface area contributed by atoms with E-state index in [1.54, 1.807) is 23.1 Å². The standard InChI is InChI=1S/C8H9NO2S2/c10-8(11)5-4-13-7(9-5)6-2-1-3-12-6/h1-3,5,7,9H,4H2,(H,10,11)/t5-,7-/m1/s1. The van der Waals surface area contributed by atoms with Gasteiger partial charge in [0.15, 0.2) is 0 Å². The Morgan fingerprint density at radius 2 is 2.54 bits per heavy atom. The zero-order chi connectivity index (χ0) is 9.26. The van der Waals surface area contributed by atoms with Crippen LogP contribution in [0.1, 0.15) is 10.3 Å². The first-order valence-corrected chi connectivity index (χ1v) is 5.84. The van der Waals surface area contributed by atoms with Gasteiger partial charge in [0.05, 0.1) is 5.37 Å². The van der Waals surface area contributed by atoms with Gasteiger partial charge in [-0.05, 0) is 11.4 Å². The van der Waals surface area contributed by atoms with Crippen LogP contribution in [0.4, 0.5) is 0 Å². The maximum atomic E-state index is 10.6. The van der Waals surface area contributed by atoms with Crippen LogP contribution >= 0.6 is 23.1 Å². The Kier molecular flexibility index (Phi) is 2.57. The third-order valence-electron chi connectivity index (χ3n) is 1.88. The molecule has 0 radical (unpaired) electrons. The Balaban J connectivity index is 2.03. The predicted octanol–water partition coefficient (Wildman–Crippen LogP) is 1.54. The average molecular weight is 215 g/mol. The van der Waals surface area contributed by atoms with E-state index in [0.29, 0.717) is 5.75 Å². The van der Waals surface area contributed by atoms with E-state index in [1.165, 1.54) is 4.88 Å². The molecule has 13 heavy (non-hydrogen) atoms. The molecule has 0 aliphatic carbocycles. The molecule has 0 aromatic carbocycles. The SMILES string of the molecule is O=C(O)[C@H]1CS[C@H](c2cccs2)N1. The highest BCUT2D eigenvalue weighted by atomic mass is 32.2. The molecule has 0 bridgehead atoms. The van der Waals surface area contributed by atoms with E-state index in [2.05, 4.69) is 5.32 Å². The number of rotatable bonds is 2. The van der Waals surface area contributed by atoms with Crippen molar-refractivity contribution in [2.75, 3.05) is 5.75 Å². The van der Waals surface area contributed by atoms with Crippen molar-refractivity contribution in [3.63, 3.8) is 0 Å². The van der Waals surface area contributed by atoms with E-state index < -0.39 is 12.0 Å². The van der Waals surface area contributed by atoms with Gasteiger partial charge in [-0.25, -0.2) is 0 Å². The van der Waals surface area contributed by atoms with Gasteiger partial charge in [0.2, 0.25) is 0 Å². The van der Waals surface area contributed by atoms with E-state index in [1.807, 2.05) is 17.5 Å². The summed E-state index contributed by atoms with van der Waals surface area (Å²) in [5.74, 6) is -0.107. The average Bonchev–Trinajstić information content (AvgIpc) is 2.75. The monoisotopic (exact) mass is 215 g/mol. The predicted molar refractivity (Wildman–Crippen MR) is 54.1 cm³/mol. The number of hydrogen-bond donors (Lipinski definition) is 2. The Morgan fingerprint density at radius 1 is 1.69 bits per heavy atom. The molecule has 1 fully saturated rings. The van der Waals surface area contributed by atoms with Gasteiger partial charge in [-0.2, -0.15) is 0 Å². The van der Waals surface area contributed by atoms with Gasteiger partial charge < -0.3 is 5.11 Å². The van der Waals surface area contributed by atoms with Crippen LogP contribution in [0.3, 0.4) is 0 Å². The second-order valence-corrected chi connectivity index (χ2v) is 4.90. The first-order valence-electron chi connectivity index (χ1n) is 3.91. The third-order valence-corrected chi connectivity index (χ3v) is 4.22. The van der Waals surface area contributed by atoms with Gasteiger partial charge in [-0.15, -0.1) is 23.1 Å². The minimum Gasteiger partial charge on any atom is -0.480 e. The Hall–Kier alpha value is -0.520. The van der Waals surface area contributed by atoms with Crippen LogP contribution in [0.5, 0.6) is 0 Å². The first-order chi connectivity index (χ1) is 6.27. The van der Waals surface area contributed by atoms with Crippen molar-refractivity contribution in [2.45, 2.75) is 11.4 Å². The van der Waals surface area contributed by atoms with Gasteiger partial charge in [0, 0.05) is 10.6 Å². The van der Waals surface area contributed by atoms with E-state index in [9.17, 15) is 4.79 Å². The second kappa shape index (κ2) is 3.69. The quantitative estimate of drug-likeness (QED) is 0.785. The lowest BCUT2D eigenvalue weighted by molar-refractivity contribution is -0.138. The molecular weight excluding hydrogens is 206 g/mol. The van der Waals surface area contributed by atoms with Crippen LogP contribution in [0.15, 0.2) is 17.5 Å². The summed E-state index contributed by atoms with van der Waals surface area (Å²) in [4.78, 5) is 11.8. The molecule has 1 aliphatic rings. The second-order valence-electron chi connectivity index (χ2n) is 2.79. The van der Waals surface area contributed by atoms with Gasteiger partial charge in [-0.1, -0.05) is 6.07 Å². The van der Waals surface area contributed by atoms with Crippen molar-refractivity contribution in [1.82, 2.24) is 5.32 Å². The molecule has 5 heteroatoms. The molecule has 1 aromatic rings. The largest absolute Gasteiger partial charge is 0.480 e. The summed E-state index contributed by atoms with van der Waals surface area (Å²) >= 11 is 3.31. The lowest BCUT2D eigenvalue weighted by atomic mass is 10.3. The van der Waals surface area contributed by atoms with Crippen molar-refractivity contribution in [3.8, 4) is 0 Å². The van der Waals surface area contributed by atoms with Crippen molar-refractivity contribution >= 4 is 29.1 Å². The van der Waals surface area contributed by atoms with E-state index >= 15 is 0 Å². The number of carbonyl (C=O) groups is 1. The minimum atomic E-state index is -0.758. The Bertz CT molecular complexity index is 299. The maximum Gasteiger partial charge on any atom is 0.321 e. The third kappa shape index (κ3) is 1.87. The molecule has 2 rings (SSSR count). The highest BCUT2D eigenvalue weighted by molar-refractivity contribution is 7.99. The van der Waals surface area contributed by atoms with Crippen molar-refractivity contribution in [1.29, 1.82) is 0 Å². The minimum absolute atomic E-state index is 0.168. The van der Waals surface area contributed by atoms with Crippen molar-refractivity contribution < 1.29 is 9.90 Å². The molecule has 0 unspecified atom stereocenters. The van der Waals surface area contributed by atoms with E-state index in [-0.39, 0.29) is 5.37 Å². The van der Waals surface area contributed by atoms with Gasteiger partial charge in [-0.3, -0.25) is 10.1 Å². The summed E-state index contributed by atoms with van der Waals surface area (Å²) in [7, 11) is 0. The highest BCUT2D eigenvalue weighted by Crippen LogP contribution is 2.34. The normalized spacial score (nSPS) is 27.7. The lowest BCUT2D eigenvalue weighted by Crippen LogP contribution is -2.33. The molecule has 0 saturated carbocycles. The lowest BCUT2D eigenvalue weighted by Gasteiger charge is -2.07. The number of nitrogens with one attached hydrogen (secondary N) is 1. The number of carboxylic acid groups (broad SMARTS) is 1. The van der Waals surface area contributed by atoms with E-state index in [4.69, 9.17) is 5.11 Å². The van der Waals surface area contributed by atoms with Crippen LogP contribution in [0, 0.1) is 0 Å². The first kappa shape index (κ1) is 9.05. The number of thioether (sulfide) groups is 1. The molecule has 2 N–H and O–H groups in total. The molecule has 1 aliphatic heterocycles.